The van der Waals surface area contributed by atoms with E-state index in [4.69, 9.17) is 8.85 Å². The van der Waals surface area contributed by atoms with E-state index in [0.29, 0.717) is 12.2 Å². The molecule has 2 nitrogen and oxygen atoms in total. The molecule has 0 aromatic carbocycles. The second-order valence-electron chi connectivity index (χ2n) is 4.10. The summed E-state index contributed by atoms with van der Waals surface area (Å²) in [5, 5.41) is 0. The third-order valence-electron chi connectivity index (χ3n) is 2.02. The quantitative estimate of drug-likeness (QED) is 0.632. The molecule has 0 spiro atoms. The van der Waals surface area contributed by atoms with Gasteiger partial charge >= 0.3 is 8.56 Å². The topological polar surface area (TPSA) is 18.5 Å². The molecule has 12 heavy (non-hydrogen) atoms. The first kappa shape index (κ1) is 10.2. The van der Waals surface area contributed by atoms with Crippen molar-refractivity contribution < 1.29 is 8.85 Å². The Hall–Kier alpha value is 0.137. The van der Waals surface area contributed by atoms with E-state index >= 15 is 0 Å². The molecule has 3 heteroatoms. The maximum atomic E-state index is 5.90. The zero-order valence-electron chi connectivity index (χ0n) is 8.59. The lowest BCUT2D eigenvalue weighted by atomic mass is 10.5. The van der Waals surface area contributed by atoms with Gasteiger partial charge in [0.1, 0.15) is 0 Å². The molecule has 0 bridgehead atoms. The normalized spacial score (nSPS) is 21.5. The zero-order chi connectivity index (χ0) is 9.19. The van der Waals surface area contributed by atoms with Crippen LogP contribution in [0.5, 0.6) is 0 Å². The minimum atomic E-state index is -1.67. The molecule has 0 unspecified atom stereocenters. The Balaban J connectivity index is 2.39. The van der Waals surface area contributed by atoms with Crippen LogP contribution in [0.3, 0.4) is 0 Å². The minimum absolute atomic E-state index is 0.329. The van der Waals surface area contributed by atoms with Gasteiger partial charge in [-0.25, -0.2) is 0 Å². The molecular weight excluding hydrogens is 168 g/mol. The van der Waals surface area contributed by atoms with Crippen LogP contribution in [0.15, 0.2) is 0 Å². The van der Waals surface area contributed by atoms with Gasteiger partial charge in [-0.05, 0) is 46.2 Å². The third-order valence-corrected chi connectivity index (χ3v) is 6.05. The van der Waals surface area contributed by atoms with Crippen molar-refractivity contribution in [2.24, 2.45) is 0 Å². The summed E-state index contributed by atoms with van der Waals surface area (Å²) in [6, 6.07) is 2.40. The fourth-order valence-electron chi connectivity index (χ4n) is 1.59. The van der Waals surface area contributed by atoms with Crippen LogP contribution in [0.1, 0.15) is 34.1 Å². The highest BCUT2D eigenvalue weighted by Gasteiger charge is 2.45. The van der Waals surface area contributed by atoms with Crippen molar-refractivity contribution in [3.63, 3.8) is 0 Å². The van der Waals surface area contributed by atoms with E-state index in [1.54, 1.807) is 0 Å². The molecule has 0 aromatic rings. The monoisotopic (exact) mass is 188 g/mol. The Morgan fingerprint density at radius 2 is 1.33 bits per heavy atom. The minimum Gasteiger partial charge on any atom is -0.392 e. The fourth-order valence-corrected chi connectivity index (χ4v) is 4.76. The van der Waals surface area contributed by atoms with Gasteiger partial charge in [0.2, 0.25) is 0 Å². The van der Waals surface area contributed by atoms with Crippen LogP contribution in [0, 0.1) is 0 Å². The second-order valence-corrected chi connectivity index (χ2v) is 7.39. The molecule has 1 saturated heterocycles. The van der Waals surface area contributed by atoms with Gasteiger partial charge in [0, 0.05) is 12.2 Å². The van der Waals surface area contributed by atoms with Gasteiger partial charge in [0.15, 0.2) is 0 Å². The maximum Gasteiger partial charge on any atom is 0.338 e. The van der Waals surface area contributed by atoms with Gasteiger partial charge in [0.25, 0.3) is 0 Å². The Bertz CT molecular complexity index is 129. The van der Waals surface area contributed by atoms with Gasteiger partial charge in [-0.1, -0.05) is 0 Å². The summed E-state index contributed by atoms with van der Waals surface area (Å²) in [7, 11) is -1.67. The van der Waals surface area contributed by atoms with Crippen LogP contribution in [-0.4, -0.2) is 20.8 Å². The van der Waals surface area contributed by atoms with Crippen molar-refractivity contribution in [3.05, 3.63) is 0 Å². The van der Waals surface area contributed by atoms with Crippen molar-refractivity contribution in [1.29, 1.82) is 0 Å². The summed E-state index contributed by atoms with van der Waals surface area (Å²) in [6.07, 6.45) is 1.96. The highest BCUT2D eigenvalue weighted by Crippen LogP contribution is 2.36. The lowest BCUT2D eigenvalue weighted by Crippen LogP contribution is -2.51. The Morgan fingerprint density at radius 3 is 1.50 bits per heavy atom. The predicted octanol–water partition coefficient (Wildman–Crippen LogP) is 2.68. The van der Waals surface area contributed by atoms with E-state index in [1.807, 2.05) is 0 Å². The molecule has 0 saturated carbocycles. The molecule has 1 aliphatic heterocycles. The summed E-state index contributed by atoms with van der Waals surface area (Å²) < 4.78 is 11.8. The maximum absolute atomic E-state index is 5.90. The van der Waals surface area contributed by atoms with Crippen molar-refractivity contribution in [2.45, 2.75) is 58.4 Å². The van der Waals surface area contributed by atoms with Crippen molar-refractivity contribution >= 4 is 8.56 Å². The van der Waals surface area contributed by atoms with Gasteiger partial charge < -0.3 is 8.85 Å². The fraction of sp³-hybridized carbons (Fsp3) is 1.00. The predicted molar refractivity (Wildman–Crippen MR) is 52.4 cm³/mol. The van der Waals surface area contributed by atoms with E-state index in [1.165, 1.54) is 18.5 Å². The number of hydrogen-bond acceptors (Lipinski definition) is 2. The lowest BCUT2D eigenvalue weighted by Gasteiger charge is -2.40. The summed E-state index contributed by atoms with van der Waals surface area (Å²) in [6.45, 7) is 8.38. The smallest absolute Gasteiger partial charge is 0.338 e. The van der Waals surface area contributed by atoms with Crippen LogP contribution >= 0.6 is 0 Å². The summed E-state index contributed by atoms with van der Waals surface area (Å²) in [5.41, 5.74) is 0. The Morgan fingerprint density at radius 1 is 0.917 bits per heavy atom. The second kappa shape index (κ2) is 3.90. The first-order valence-corrected chi connectivity index (χ1v) is 7.13. The SMILES string of the molecule is CC(C)O[Si]1(OC(C)C)CCC1. The molecule has 1 aliphatic rings. The van der Waals surface area contributed by atoms with Crippen LogP contribution < -0.4 is 0 Å². The molecule has 0 aliphatic carbocycles. The van der Waals surface area contributed by atoms with Gasteiger partial charge in [-0.15, -0.1) is 0 Å². The first-order chi connectivity index (χ1) is 5.54. The highest BCUT2D eigenvalue weighted by molar-refractivity contribution is 6.70. The standard InChI is InChI=1S/C9H20O2Si/c1-8(2)10-12(6-5-7-12)11-9(3)4/h8-9H,5-7H2,1-4H3. The molecule has 1 rings (SSSR count). The molecule has 0 radical (unpaired) electrons. The lowest BCUT2D eigenvalue weighted by molar-refractivity contribution is 0.0931. The molecular formula is C9H20O2Si. The summed E-state index contributed by atoms with van der Waals surface area (Å²) in [5.74, 6) is 0. The van der Waals surface area contributed by atoms with Crippen LogP contribution in [0.25, 0.3) is 0 Å². The van der Waals surface area contributed by atoms with Crippen molar-refractivity contribution in [2.75, 3.05) is 0 Å². The molecule has 0 aromatic heterocycles. The molecule has 1 fully saturated rings. The van der Waals surface area contributed by atoms with Gasteiger partial charge in [-0.2, -0.15) is 0 Å². The highest BCUT2D eigenvalue weighted by atomic mass is 28.4. The van der Waals surface area contributed by atoms with Gasteiger partial charge in [-0.3, -0.25) is 0 Å². The largest absolute Gasteiger partial charge is 0.392 e. The Labute approximate surface area is 76.5 Å². The number of hydrogen-bond donors (Lipinski definition) is 0. The van der Waals surface area contributed by atoms with Crippen molar-refractivity contribution in [1.82, 2.24) is 0 Å². The molecule has 0 atom stereocenters. The molecule has 0 amide bonds. The average molecular weight is 188 g/mol. The van der Waals surface area contributed by atoms with E-state index < -0.39 is 8.56 Å². The number of rotatable bonds is 4. The molecule has 72 valence electrons. The molecule has 1 heterocycles. The van der Waals surface area contributed by atoms with Crippen LogP contribution in [-0.2, 0) is 8.85 Å². The summed E-state index contributed by atoms with van der Waals surface area (Å²) >= 11 is 0. The first-order valence-electron chi connectivity index (χ1n) is 4.90. The van der Waals surface area contributed by atoms with Crippen LogP contribution in [0.4, 0.5) is 0 Å². The third kappa shape index (κ3) is 2.57. The summed E-state index contributed by atoms with van der Waals surface area (Å²) in [4.78, 5) is 0. The van der Waals surface area contributed by atoms with Crippen LogP contribution in [0.2, 0.25) is 12.1 Å². The van der Waals surface area contributed by atoms with E-state index in [0.717, 1.165) is 0 Å². The Kier molecular flexibility index (Phi) is 3.32. The average Bonchev–Trinajstić information content (AvgIpc) is 1.80. The van der Waals surface area contributed by atoms with E-state index in [9.17, 15) is 0 Å². The van der Waals surface area contributed by atoms with Gasteiger partial charge in [0.05, 0.1) is 0 Å². The van der Waals surface area contributed by atoms with E-state index in [2.05, 4.69) is 27.7 Å². The zero-order valence-corrected chi connectivity index (χ0v) is 9.59. The van der Waals surface area contributed by atoms with E-state index in [-0.39, 0.29) is 0 Å². The molecule has 0 N–H and O–H groups in total. The van der Waals surface area contributed by atoms with Crippen molar-refractivity contribution in [3.8, 4) is 0 Å².